The molecule has 1 aliphatic rings. The van der Waals surface area contributed by atoms with Gasteiger partial charge in [0.05, 0.1) is 5.75 Å². The zero-order valence-electron chi connectivity index (χ0n) is 9.74. The van der Waals surface area contributed by atoms with Crippen molar-refractivity contribution in [3.8, 4) is 0 Å². The molecule has 0 N–H and O–H groups in total. The van der Waals surface area contributed by atoms with E-state index in [1.54, 1.807) is 11.8 Å². The van der Waals surface area contributed by atoms with Crippen LogP contribution in [0.15, 0.2) is 29.2 Å². The largest absolute Gasteiger partial charge is 0.299 e. The highest BCUT2D eigenvalue weighted by atomic mass is 32.2. The normalized spacial score (nSPS) is 15.1. The van der Waals surface area contributed by atoms with Gasteiger partial charge in [-0.2, -0.15) is 0 Å². The summed E-state index contributed by atoms with van der Waals surface area (Å²) in [6.45, 7) is 2.08. The first-order valence-corrected chi connectivity index (χ1v) is 6.94. The van der Waals surface area contributed by atoms with Crippen molar-refractivity contribution in [1.29, 1.82) is 0 Å². The van der Waals surface area contributed by atoms with Crippen LogP contribution in [0.25, 0.3) is 0 Å². The topological polar surface area (TPSA) is 17.1 Å². The van der Waals surface area contributed by atoms with E-state index >= 15 is 0 Å². The van der Waals surface area contributed by atoms with Gasteiger partial charge in [0.1, 0.15) is 5.78 Å². The van der Waals surface area contributed by atoms with Crippen LogP contribution in [0.5, 0.6) is 0 Å². The quantitative estimate of drug-likeness (QED) is 0.695. The summed E-state index contributed by atoms with van der Waals surface area (Å²) in [4.78, 5) is 12.8. The fourth-order valence-corrected chi connectivity index (χ4v) is 2.44. The number of rotatable bonds is 6. The molecular formula is C14H18OS. The maximum absolute atomic E-state index is 11.6. The van der Waals surface area contributed by atoms with Crippen LogP contribution >= 0.6 is 11.8 Å². The van der Waals surface area contributed by atoms with E-state index in [4.69, 9.17) is 0 Å². The van der Waals surface area contributed by atoms with Crippen LogP contribution < -0.4 is 0 Å². The molecule has 0 bridgehead atoms. The molecule has 0 spiro atoms. The van der Waals surface area contributed by atoms with Crippen LogP contribution in [0, 0.1) is 12.8 Å². The van der Waals surface area contributed by atoms with Gasteiger partial charge in [0.25, 0.3) is 0 Å². The molecule has 0 radical (unpaired) electrons. The van der Waals surface area contributed by atoms with Gasteiger partial charge in [0.15, 0.2) is 0 Å². The van der Waals surface area contributed by atoms with E-state index < -0.39 is 0 Å². The molecular weight excluding hydrogens is 216 g/mol. The number of thioether (sulfide) groups is 1. The van der Waals surface area contributed by atoms with Gasteiger partial charge in [-0.1, -0.05) is 30.5 Å². The number of hydrogen-bond donors (Lipinski definition) is 0. The van der Waals surface area contributed by atoms with Gasteiger partial charge in [-0.25, -0.2) is 0 Å². The van der Waals surface area contributed by atoms with E-state index in [0.717, 1.165) is 18.8 Å². The van der Waals surface area contributed by atoms with E-state index in [1.807, 2.05) is 0 Å². The van der Waals surface area contributed by atoms with Gasteiger partial charge >= 0.3 is 0 Å². The highest BCUT2D eigenvalue weighted by molar-refractivity contribution is 8.00. The Morgan fingerprint density at radius 3 is 2.62 bits per heavy atom. The minimum atomic E-state index is 0.400. The molecule has 1 aromatic carbocycles. The van der Waals surface area contributed by atoms with Gasteiger partial charge in [-0.15, -0.1) is 11.8 Å². The van der Waals surface area contributed by atoms with Crippen molar-refractivity contribution in [2.24, 2.45) is 5.92 Å². The van der Waals surface area contributed by atoms with E-state index in [0.29, 0.717) is 11.5 Å². The SMILES string of the molecule is Cc1ccc(SCC(=O)CCC2CC2)cc1. The summed E-state index contributed by atoms with van der Waals surface area (Å²) in [5.74, 6) is 1.90. The molecule has 0 amide bonds. The summed E-state index contributed by atoms with van der Waals surface area (Å²) in [7, 11) is 0. The van der Waals surface area contributed by atoms with Gasteiger partial charge in [-0.05, 0) is 31.4 Å². The van der Waals surface area contributed by atoms with Gasteiger partial charge < -0.3 is 0 Å². The lowest BCUT2D eigenvalue weighted by Gasteiger charge is -2.01. The summed E-state index contributed by atoms with van der Waals surface area (Å²) in [6.07, 6.45) is 4.59. The standard InChI is InChI=1S/C14H18OS/c1-11-2-8-14(9-3-11)16-10-13(15)7-6-12-4-5-12/h2-3,8-9,12H,4-7,10H2,1H3. The molecule has 1 fully saturated rings. The highest BCUT2D eigenvalue weighted by Crippen LogP contribution is 2.33. The number of benzene rings is 1. The Labute approximate surface area is 102 Å². The first-order chi connectivity index (χ1) is 7.74. The number of ketones is 1. The summed E-state index contributed by atoms with van der Waals surface area (Å²) in [6, 6.07) is 8.37. The van der Waals surface area contributed by atoms with E-state index in [-0.39, 0.29) is 0 Å². The Morgan fingerprint density at radius 2 is 2.00 bits per heavy atom. The second kappa shape index (κ2) is 5.53. The van der Waals surface area contributed by atoms with Crippen molar-refractivity contribution in [1.82, 2.24) is 0 Å². The Kier molecular flexibility index (Phi) is 4.05. The molecule has 16 heavy (non-hydrogen) atoms. The zero-order valence-corrected chi connectivity index (χ0v) is 10.6. The third-order valence-electron chi connectivity index (χ3n) is 2.95. The molecule has 0 aliphatic heterocycles. The third kappa shape index (κ3) is 4.01. The molecule has 1 saturated carbocycles. The summed E-state index contributed by atoms with van der Waals surface area (Å²) < 4.78 is 0. The first kappa shape index (κ1) is 11.7. The van der Waals surface area contributed by atoms with Crippen molar-refractivity contribution in [3.63, 3.8) is 0 Å². The van der Waals surface area contributed by atoms with E-state index in [1.165, 1.54) is 23.3 Å². The maximum atomic E-state index is 11.6. The number of hydrogen-bond acceptors (Lipinski definition) is 2. The summed E-state index contributed by atoms with van der Waals surface area (Å²) >= 11 is 1.66. The van der Waals surface area contributed by atoms with Crippen molar-refractivity contribution in [2.75, 3.05) is 5.75 Å². The second-order valence-corrected chi connectivity index (χ2v) is 5.67. The van der Waals surface area contributed by atoms with Crippen molar-refractivity contribution >= 4 is 17.5 Å². The Hall–Kier alpha value is -0.760. The molecule has 0 heterocycles. The summed E-state index contributed by atoms with van der Waals surface area (Å²) in [5, 5.41) is 0. The number of aryl methyl sites for hydroxylation is 1. The van der Waals surface area contributed by atoms with Crippen LogP contribution in [0.2, 0.25) is 0 Å². The zero-order chi connectivity index (χ0) is 11.4. The van der Waals surface area contributed by atoms with Crippen LogP contribution in [0.4, 0.5) is 0 Å². The van der Waals surface area contributed by atoms with Crippen LogP contribution in [-0.4, -0.2) is 11.5 Å². The lowest BCUT2D eigenvalue weighted by atomic mass is 10.2. The highest BCUT2D eigenvalue weighted by Gasteiger charge is 2.21. The number of carbonyl (C=O) groups excluding carboxylic acids is 1. The van der Waals surface area contributed by atoms with E-state index in [2.05, 4.69) is 31.2 Å². The molecule has 0 saturated heterocycles. The Bertz CT molecular complexity index is 352. The molecule has 2 rings (SSSR count). The van der Waals surface area contributed by atoms with Crippen LogP contribution in [-0.2, 0) is 4.79 Å². The Morgan fingerprint density at radius 1 is 1.31 bits per heavy atom. The lowest BCUT2D eigenvalue weighted by molar-refractivity contribution is -0.116. The fourth-order valence-electron chi connectivity index (χ4n) is 1.64. The predicted molar refractivity (Wildman–Crippen MR) is 68.9 cm³/mol. The third-order valence-corrected chi connectivity index (χ3v) is 4.02. The molecule has 1 nitrogen and oxygen atoms in total. The van der Waals surface area contributed by atoms with E-state index in [9.17, 15) is 4.79 Å². The summed E-state index contributed by atoms with van der Waals surface area (Å²) in [5.41, 5.74) is 1.27. The minimum absolute atomic E-state index is 0.400. The van der Waals surface area contributed by atoms with Crippen molar-refractivity contribution < 1.29 is 4.79 Å². The first-order valence-electron chi connectivity index (χ1n) is 5.95. The number of Topliss-reactive ketones (excluding diaryl/α,β-unsaturated/α-hetero) is 1. The monoisotopic (exact) mass is 234 g/mol. The van der Waals surface area contributed by atoms with Crippen molar-refractivity contribution in [2.45, 2.75) is 37.5 Å². The number of carbonyl (C=O) groups is 1. The average Bonchev–Trinajstić information content (AvgIpc) is 3.09. The lowest BCUT2D eigenvalue weighted by Crippen LogP contribution is -2.01. The smallest absolute Gasteiger partial charge is 0.143 e. The van der Waals surface area contributed by atoms with Gasteiger partial charge in [0.2, 0.25) is 0 Å². The predicted octanol–water partition coefficient (Wildman–Crippen LogP) is 3.85. The van der Waals surface area contributed by atoms with Crippen LogP contribution in [0.1, 0.15) is 31.2 Å². The average molecular weight is 234 g/mol. The maximum Gasteiger partial charge on any atom is 0.143 e. The van der Waals surface area contributed by atoms with Gasteiger partial charge in [0, 0.05) is 11.3 Å². The van der Waals surface area contributed by atoms with Gasteiger partial charge in [-0.3, -0.25) is 4.79 Å². The molecule has 1 aliphatic carbocycles. The van der Waals surface area contributed by atoms with Crippen molar-refractivity contribution in [3.05, 3.63) is 29.8 Å². The molecule has 0 atom stereocenters. The second-order valence-electron chi connectivity index (χ2n) is 4.62. The molecule has 86 valence electrons. The molecule has 1 aromatic rings. The van der Waals surface area contributed by atoms with Crippen LogP contribution in [0.3, 0.4) is 0 Å². The molecule has 0 aromatic heterocycles. The Balaban J connectivity index is 1.69. The minimum Gasteiger partial charge on any atom is -0.299 e. The molecule has 0 unspecified atom stereocenters. The fraction of sp³-hybridized carbons (Fsp3) is 0.500. The molecule has 2 heteroatoms.